The number of aliphatic hydroxyl groups excluding tert-OH is 1. The lowest BCUT2D eigenvalue weighted by Crippen LogP contribution is -2.57. The molecule has 2 fully saturated rings. The molecule has 2 saturated heterocycles. The van der Waals surface area contributed by atoms with Crippen molar-refractivity contribution in [2.24, 2.45) is 0 Å². The summed E-state index contributed by atoms with van der Waals surface area (Å²) >= 11 is 0. The fourth-order valence-corrected chi connectivity index (χ4v) is 4.33. The van der Waals surface area contributed by atoms with Gasteiger partial charge in [-0.1, -0.05) is 25.0 Å². The van der Waals surface area contributed by atoms with Crippen molar-refractivity contribution in [1.29, 1.82) is 0 Å². The van der Waals surface area contributed by atoms with E-state index in [9.17, 15) is 5.11 Å². The molecule has 2 heterocycles. The molecule has 1 atom stereocenters. The second kappa shape index (κ2) is 10.1. The van der Waals surface area contributed by atoms with E-state index in [1.165, 1.54) is 31.2 Å². The number of hydrogen-bond donors (Lipinski definition) is 1. The molecule has 0 aromatic heterocycles. The summed E-state index contributed by atoms with van der Waals surface area (Å²) in [5.74, 6) is 0.862. The van der Waals surface area contributed by atoms with Crippen LogP contribution in [-0.2, 0) is 6.54 Å². The van der Waals surface area contributed by atoms with E-state index in [2.05, 4.69) is 53.8 Å². The monoisotopic (exact) mass is 389 g/mol. The second-order valence-electron chi connectivity index (χ2n) is 9.27. The van der Waals surface area contributed by atoms with Crippen molar-refractivity contribution in [1.82, 2.24) is 14.7 Å². The summed E-state index contributed by atoms with van der Waals surface area (Å²) in [5, 5.41) is 10.4. The summed E-state index contributed by atoms with van der Waals surface area (Å²) in [5.41, 5.74) is 1.49. The van der Waals surface area contributed by atoms with Crippen LogP contribution in [0, 0.1) is 0 Å². The van der Waals surface area contributed by atoms with E-state index in [0.29, 0.717) is 6.61 Å². The van der Waals surface area contributed by atoms with E-state index >= 15 is 0 Å². The highest BCUT2D eigenvalue weighted by Gasteiger charge is 2.30. The zero-order valence-corrected chi connectivity index (χ0v) is 18.1. The zero-order valence-electron chi connectivity index (χ0n) is 18.1. The van der Waals surface area contributed by atoms with Crippen molar-refractivity contribution in [3.05, 3.63) is 29.8 Å². The number of likely N-dealkylation sites (tertiary alicyclic amines) is 1. The van der Waals surface area contributed by atoms with Gasteiger partial charge in [-0.2, -0.15) is 0 Å². The molecular weight excluding hydrogens is 350 g/mol. The number of ether oxygens (including phenoxy) is 1. The van der Waals surface area contributed by atoms with Gasteiger partial charge in [0.05, 0.1) is 0 Å². The van der Waals surface area contributed by atoms with Gasteiger partial charge < -0.3 is 14.7 Å². The predicted octanol–water partition coefficient (Wildman–Crippen LogP) is 2.83. The smallest absolute Gasteiger partial charge is 0.119 e. The van der Waals surface area contributed by atoms with Gasteiger partial charge in [0.1, 0.15) is 18.5 Å². The summed E-state index contributed by atoms with van der Waals surface area (Å²) < 4.78 is 5.92. The van der Waals surface area contributed by atoms with Gasteiger partial charge in [-0.15, -0.1) is 0 Å². The maximum Gasteiger partial charge on any atom is 0.119 e. The molecule has 1 aromatic carbocycles. The molecule has 0 bridgehead atoms. The first kappa shape index (κ1) is 21.6. The van der Waals surface area contributed by atoms with Gasteiger partial charge in [0.25, 0.3) is 0 Å². The molecule has 2 aliphatic rings. The van der Waals surface area contributed by atoms with Crippen LogP contribution in [0.3, 0.4) is 0 Å². The fraction of sp³-hybridized carbons (Fsp3) is 0.739. The van der Waals surface area contributed by atoms with Crippen molar-refractivity contribution in [2.45, 2.75) is 57.7 Å². The number of piperazine rings is 1. The van der Waals surface area contributed by atoms with E-state index in [1.807, 2.05) is 6.07 Å². The molecule has 3 rings (SSSR count). The molecule has 1 unspecified atom stereocenters. The maximum atomic E-state index is 10.4. The quantitative estimate of drug-likeness (QED) is 0.776. The van der Waals surface area contributed by atoms with E-state index < -0.39 is 6.10 Å². The van der Waals surface area contributed by atoms with Crippen molar-refractivity contribution >= 4 is 0 Å². The first-order valence-electron chi connectivity index (χ1n) is 11.0. The molecule has 0 saturated carbocycles. The highest BCUT2D eigenvalue weighted by molar-refractivity contribution is 5.28. The molecule has 158 valence electrons. The lowest BCUT2D eigenvalue weighted by atomic mass is 9.99. The van der Waals surface area contributed by atoms with Crippen LogP contribution in [0.2, 0.25) is 0 Å². The fourth-order valence-electron chi connectivity index (χ4n) is 4.33. The summed E-state index contributed by atoms with van der Waals surface area (Å²) in [6.07, 6.45) is 4.71. The average molecular weight is 390 g/mol. The Kier molecular flexibility index (Phi) is 7.75. The molecular formula is C23H39N3O2. The Labute approximate surface area is 171 Å². The highest BCUT2D eigenvalue weighted by Crippen LogP contribution is 2.22. The molecule has 0 aliphatic carbocycles. The summed E-state index contributed by atoms with van der Waals surface area (Å²) in [6, 6.07) is 8.36. The third-order valence-corrected chi connectivity index (χ3v) is 6.31. The van der Waals surface area contributed by atoms with Gasteiger partial charge in [-0.25, -0.2) is 0 Å². The minimum Gasteiger partial charge on any atom is -0.491 e. The third-order valence-electron chi connectivity index (χ3n) is 6.31. The van der Waals surface area contributed by atoms with E-state index in [1.54, 1.807) is 0 Å². The van der Waals surface area contributed by atoms with Crippen LogP contribution in [0.1, 0.15) is 45.1 Å². The number of likely N-dealkylation sites (N-methyl/N-ethyl adjacent to an activating group) is 1. The topological polar surface area (TPSA) is 39.2 Å². The van der Waals surface area contributed by atoms with Crippen molar-refractivity contribution < 1.29 is 9.84 Å². The average Bonchev–Trinajstić information content (AvgIpc) is 2.92. The van der Waals surface area contributed by atoms with Gasteiger partial charge in [0, 0.05) is 38.3 Å². The standard InChI is InChI=1S/C23H39N3O2/c1-23(2)19-26(14-13-24(23)3)16-20-9-8-10-22(15-20)28-18-21(27)17-25-11-6-4-5-7-12-25/h8-10,15,21,27H,4-7,11-14,16-19H2,1-3H3. The number of benzene rings is 1. The van der Waals surface area contributed by atoms with Crippen LogP contribution in [0.25, 0.3) is 0 Å². The molecule has 5 heteroatoms. The summed E-state index contributed by atoms with van der Waals surface area (Å²) in [4.78, 5) is 7.34. The van der Waals surface area contributed by atoms with Gasteiger partial charge in [0.15, 0.2) is 0 Å². The molecule has 1 aromatic rings. The van der Waals surface area contributed by atoms with Crippen LogP contribution in [-0.4, -0.2) is 84.4 Å². The minimum absolute atomic E-state index is 0.212. The predicted molar refractivity (Wildman–Crippen MR) is 115 cm³/mol. The van der Waals surface area contributed by atoms with E-state index in [0.717, 1.165) is 51.6 Å². The Morgan fingerprint density at radius 2 is 1.79 bits per heavy atom. The Bertz CT molecular complexity index is 599. The number of aliphatic hydroxyl groups is 1. The molecule has 0 radical (unpaired) electrons. The zero-order chi connectivity index (χ0) is 20.0. The van der Waals surface area contributed by atoms with Crippen LogP contribution in [0.4, 0.5) is 0 Å². The Morgan fingerprint density at radius 1 is 1.04 bits per heavy atom. The lowest BCUT2D eigenvalue weighted by Gasteiger charge is -2.45. The second-order valence-corrected chi connectivity index (χ2v) is 9.27. The van der Waals surface area contributed by atoms with Crippen LogP contribution >= 0.6 is 0 Å². The number of nitrogens with zero attached hydrogens (tertiary/aromatic N) is 3. The van der Waals surface area contributed by atoms with E-state index in [4.69, 9.17) is 4.74 Å². The van der Waals surface area contributed by atoms with Crippen LogP contribution in [0.5, 0.6) is 5.75 Å². The van der Waals surface area contributed by atoms with Gasteiger partial charge in [-0.3, -0.25) is 9.80 Å². The van der Waals surface area contributed by atoms with Crippen molar-refractivity contribution in [3.8, 4) is 5.75 Å². The molecule has 28 heavy (non-hydrogen) atoms. The molecule has 0 amide bonds. The Hall–Kier alpha value is -1.14. The first-order valence-corrected chi connectivity index (χ1v) is 11.0. The van der Waals surface area contributed by atoms with Crippen LogP contribution < -0.4 is 4.74 Å². The molecule has 0 spiro atoms. The molecule has 5 nitrogen and oxygen atoms in total. The molecule has 2 aliphatic heterocycles. The Balaban J connectivity index is 1.46. The van der Waals surface area contributed by atoms with Crippen molar-refractivity contribution in [3.63, 3.8) is 0 Å². The number of hydrogen-bond acceptors (Lipinski definition) is 5. The largest absolute Gasteiger partial charge is 0.491 e. The molecule has 1 N–H and O–H groups in total. The number of β-amino-alcohol motifs (C(OH)–C–C–N with tert-alkyl or cyclic N) is 1. The van der Waals surface area contributed by atoms with Crippen LogP contribution in [0.15, 0.2) is 24.3 Å². The third kappa shape index (κ3) is 6.45. The van der Waals surface area contributed by atoms with Gasteiger partial charge in [-0.05, 0) is 64.5 Å². The first-order chi connectivity index (χ1) is 13.4. The van der Waals surface area contributed by atoms with Gasteiger partial charge in [0.2, 0.25) is 0 Å². The number of rotatable bonds is 7. The Morgan fingerprint density at radius 3 is 2.50 bits per heavy atom. The highest BCUT2D eigenvalue weighted by atomic mass is 16.5. The summed E-state index contributed by atoms with van der Waals surface area (Å²) in [6.45, 7) is 12.1. The van der Waals surface area contributed by atoms with E-state index in [-0.39, 0.29) is 5.54 Å². The SMILES string of the molecule is CN1CCN(Cc2cccc(OCC(O)CN3CCCCCC3)c2)CC1(C)C. The minimum atomic E-state index is -0.430. The maximum absolute atomic E-state index is 10.4. The lowest BCUT2D eigenvalue weighted by molar-refractivity contribution is 0.0359. The van der Waals surface area contributed by atoms with Crippen molar-refractivity contribution in [2.75, 3.05) is 52.9 Å². The summed E-state index contributed by atoms with van der Waals surface area (Å²) in [7, 11) is 2.21. The van der Waals surface area contributed by atoms with Gasteiger partial charge >= 0.3 is 0 Å². The normalized spacial score (nSPS) is 23.3.